The van der Waals surface area contributed by atoms with Crippen molar-refractivity contribution in [3.8, 4) is 17.3 Å². The van der Waals surface area contributed by atoms with Crippen LogP contribution in [0.5, 0.6) is 6.01 Å². The summed E-state index contributed by atoms with van der Waals surface area (Å²) in [5.41, 5.74) is 3.34. The molecule has 0 radical (unpaired) electrons. The lowest BCUT2D eigenvalue weighted by Crippen LogP contribution is -2.36. The lowest BCUT2D eigenvalue weighted by molar-refractivity contribution is -0.0113. The number of pyridine rings is 1. The third-order valence-electron chi connectivity index (χ3n) is 6.71. The highest BCUT2D eigenvalue weighted by Gasteiger charge is 2.44. The summed E-state index contributed by atoms with van der Waals surface area (Å²) >= 11 is 6.49. The molecule has 3 N–H and O–H groups in total. The maximum atomic E-state index is 13.3. The number of H-pyrrole nitrogens is 1. The lowest BCUT2D eigenvalue weighted by Gasteiger charge is -2.31. The molecule has 8 heteroatoms. The third kappa shape index (κ3) is 3.90. The Morgan fingerprint density at radius 3 is 2.61 bits per heavy atom. The Bertz CT molecular complexity index is 1080. The number of hydrogen-bond donors (Lipinski definition) is 3. The number of ether oxygens (including phenoxy) is 1. The maximum absolute atomic E-state index is 13.3. The fourth-order valence-corrected chi connectivity index (χ4v) is 4.70. The molecule has 1 aromatic carbocycles. The van der Waals surface area contributed by atoms with Crippen LogP contribution in [0.4, 0.5) is 4.39 Å². The number of halogens is 2. The number of alkyl halides is 1. The standard InChI is InChI=1S/C23H25ClFN3O3/c24-17-10-18-21(28-22(26-18)31-16-6-3-14(11-29)19(30)9-16)27-20(17)13-1-4-15(5-2-13)23(12-25)7-8-23/h1-2,4-5,10,14,16,19,29-30H,3,6-9,11-12H2,(H,26,27,28)/t14-,16+,19+/m1/s1. The van der Waals surface area contributed by atoms with Crippen molar-refractivity contribution >= 4 is 22.8 Å². The van der Waals surface area contributed by atoms with Crippen molar-refractivity contribution < 1.29 is 19.3 Å². The van der Waals surface area contributed by atoms with E-state index in [1.807, 2.05) is 24.3 Å². The predicted molar refractivity (Wildman–Crippen MR) is 116 cm³/mol. The third-order valence-corrected chi connectivity index (χ3v) is 6.99. The van der Waals surface area contributed by atoms with Gasteiger partial charge in [0.25, 0.3) is 6.01 Å². The number of aliphatic hydroxyl groups excluding tert-OH is 2. The molecule has 2 aliphatic rings. The van der Waals surface area contributed by atoms with Gasteiger partial charge in [-0.05, 0) is 37.3 Å². The molecule has 0 spiro atoms. The monoisotopic (exact) mass is 445 g/mol. The summed E-state index contributed by atoms with van der Waals surface area (Å²) in [7, 11) is 0. The second kappa shape index (κ2) is 8.04. The molecule has 31 heavy (non-hydrogen) atoms. The van der Waals surface area contributed by atoms with E-state index in [0.29, 0.717) is 40.7 Å². The summed E-state index contributed by atoms with van der Waals surface area (Å²) in [6, 6.07) is 9.87. The summed E-state index contributed by atoms with van der Waals surface area (Å²) in [4.78, 5) is 12.2. The second-order valence-electron chi connectivity index (χ2n) is 8.79. The van der Waals surface area contributed by atoms with E-state index in [4.69, 9.17) is 16.3 Å². The zero-order valence-electron chi connectivity index (χ0n) is 17.0. The van der Waals surface area contributed by atoms with Crippen LogP contribution < -0.4 is 4.74 Å². The number of nitrogens with one attached hydrogen (secondary N) is 1. The van der Waals surface area contributed by atoms with Gasteiger partial charge in [-0.2, -0.15) is 4.98 Å². The van der Waals surface area contributed by atoms with E-state index in [2.05, 4.69) is 15.0 Å². The van der Waals surface area contributed by atoms with Gasteiger partial charge in [-0.25, -0.2) is 4.98 Å². The van der Waals surface area contributed by atoms with Crippen molar-refractivity contribution in [1.29, 1.82) is 0 Å². The number of rotatable bonds is 6. The van der Waals surface area contributed by atoms with Gasteiger partial charge < -0.3 is 19.9 Å². The average Bonchev–Trinajstić information content (AvgIpc) is 3.48. The molecule has 6 nitrogen and oxygen atoms in total. The molecule has 2 heterocycles. The predicted octanol–water partition coefficient (Wildman–Crippen LogP) is 4.18. The van der Waals surface area contributed by atoms with Gasteiger partial charge >= 0.3 is 0 Å². The number of nitrogens with zero attached hydrogens (tertiary/aromatic N) is 2. The molecule has 0 amide bonds. The van der Waals surface area contributed by atoms with Crippen molar-refractivity contribution in [2.75, 3.05) is 13.3 Å². The molecule has 0 aliphatic heterocycles. The first kappa shape index (κ1) is 20.7. The molecule has 2 aromatic heterocycles. The van der Waals surface area contributed by atoms with Crippen molar-refractivity contribution in [2.45, 2.75) is 49.7 Å². The molecule has 164 valence electrons. The Hall–Kier alpha value is -2.22. The van der Waals surface area contributed by atoms with E-state index < -0.39 is 6.10 Å². The first-order chi connectivity index (χ1) is 15.0. The first-order valence-corrected chi connectivity index (χ1v) is 11.1. The van der Waals surface area contributed by atoms with Crippen molar-refractivity contribution in [2.24, 2.45) is 5.92 Å². The summed E-state index contributed by atoms with van der Waals surface area (Å²) in [6.45, 7) is -0.342. The number of aromatic nitrogens is 3. The van der Waals surface area contributed by atoms with Gasteiger partial charge in [0.2, 0.25) is 0 Å². The lowest BCUT2D eigenvalue weighted by atomic mass is 9.85. The average molecular weight is 446 g/mol. The number of benzene rings is 1. The van der Waals surface area contributed by atoms with Gasteiger partial charge in [-0.1, -0.05) is 35.9 Å². The van der Waals surface area contributed by atoms with Crippen molar-refractivity contribution in [1.82, 2.24) is 15.0 Å². The largest absolute Gasteiger partial charge is 0.461 e. The zero-order valence-corrected chi connectivity index (χ0v) is 17.8. The molecule has 2 aliphatic carbocycles. The van der Waals surface area contributed by atoms with Crippen LogP contribution in [0.1, 0.15) is 37.7 Å². The summed E-state index contributed by atoms with van der Waals surface area (Å²) in [5.74, 6) is -0.0929. The van der Waals surface area contributed by atoms with Crippen molar-refractivity contribution in [3.05, 3.63) is 40.9 Å². The van der Waals surface area contributed by atoms with Crippen LogP contribution in [0.2, 0.25) is 5.02 Å². The number of aromatic amines is 1. The molecular formula is C23H25ClFN3O3. The molecular weight excluding hydrogens is 421 g/mol. The molecule has 0 unspecified atom stereocenters. The minimum absolute atomic E-state index is 0.0144. The Balaban J connectivity index is 1.36. The number of imidazole rings is 1. The van der Waals surface area contributed by atoms with Crippen LogP contribution in [0.25, 0.3) is 22.4 Å². The molecule has 3 atom stereocenters. The van der Waals surface area contributed by atoms with Gasteiger partial charge in [0.15, 0.2) is 5.65 Å². The fraction of sp³-hybridized carbons (Fsp3) is 0.478. The number of fused-ring (bicyclic) bond motifs is 1. The van der Waals surface area contributed by atoms with Gasteiger partial charge in [-0.3, -0.25) is 4.39 Å². The van der Waals surface area contributed by atoms with Crippen LogP contribution in [-0.2, 0) is 5.41 Å². The molecule has 2 fully saturated rings. The van der Waals surface area contributed by atoms with Gasteiger partial charge in [0.05, 0.1) is 29.0 Å². The smallest absolute Gasteiger partial charge is 0.296 e. The molecule has 3 aromatic rings. The van der Waals surface area contributed by atoms with E-state index in [1.54, 1.807) is 6.07 Å². The minimum atomic E-state index is -0.581. The summed E-state index contributed by atoms with van der Waals surface area (Å²) in [6.07, 6.45) is 2.93. The van der Waals surface area contributed by atoms with E-state index in [1.165, 1.54) is 0 Å². The van der Waals surface area contributed by atoms with Crippen molar-refractivity contribution in [3.63, 3.8) is 0 Å². The van der Waals surface area contributed by atoms with E-state index in [-0.39, 0.29) is 30.7 Å². The molecule has 2 saturated carbocycles. The fourth-order valence-electron chi connectivity index (χ4n) is 4.44. The highest BCUT2D eigenvalue weighted by molar-refractivity contribution is 6.33. The second-order valence-corrected chi connectivity index (χ2v) is 9.19. The summed E-state index contributed by atoms with van der Waals surface area (Å²) < 4.78 is 19.3. The van der Waals surface area contributed by atoms with Gasteiger partial charge in [-0.15, -0.1) is 0 Å². The van der Waals surface area contributed by atoms with Crippen LogP contribution >= 0.6 is 11.6 Å². The van der Waals surface area contributed by atoms with Crippen LogP contribution in [0, 0.1) is 5.92 Å². The zero-order chi connectivity index (χ0) is 21.6. The highest BCUT2D eigenvalue weighted by atomic mass is 35.5. The molecule has 0 bridgehead atoms. The normalized spacial score (nSPS) is 25.0. The van der Waals surface area contributed by atoms with Gasteiger partial charge in [0.1, 0.15) is 6.10 Å². The van der Waals surface area contributed by atoms with E-state index >= 15 is 0 Å². The van der Waals surface area contributed by atoms with Crippen LogP contribution in [0.3, 0.4) is 0 Å². The topological polar surface area (TPSA) is 91.3 Å². The Kier molecular flexibility index (Phi) is 5.36. The van der Waals surface area contributed by atoms with Crippen LogP contribution in [-0.4, -0.2) is 50.7 Å². The highest BCUT2D eigenvalue weighted by Crippen LogP contribution is 2.48. The maximum Gasteiger partial charge on any atom is 0.296 e. The van der Waals surface area contributed by atoms with E-state index in [9.17, 15) is 14.6 Å². The van der Waals surface area contributed by atoms with E-state index in [0.717, 1.165) is 30.4 Å². The van der Waals surface area contributed by atoms with Crippen LogP contribution in [0.15, 0.2) is 30.3 Å². The number of hydrogen-bond acceptors (Lipinski definition) is 5. The first-order valence-electron chi connectivity index (χ1n) is 10.7. The Morgan fingerprint density at radius 1 is 1.19 bits per heavy atom. The Morgan fingerprint density at radius 2 is 1.97 bits per heavy atom. The van der Waals surface area contributed by atoms with Gasteiger partial charge in [0, 0.05) is 29.9 Å². The molecule has 5 rings (SSSR count). The Labute approximate surface area is 184 Å². The molecule has 0 saturated heterocycles. The SMILES string of the molecule is OC[C@H]1CC[C@H](Oc2nc3nc(-c4ccc(C5(CF)CC5)cc4)c(Cl)cc3[nH]2)C[C@@H]1O. The number of aliphatic hydroxyl groups is 2. The minimum Gasteiger partial charge on any atom is -0.461 e. The summed E-state index contributed by atoms with van der Waals surface area (Å²) in [5, 5.41) is 19.9. The quantitative estimate of drug-likeness (QED) is 0.529.